The molecule has 0 atom stereocenters. The molecule has 2 aromatic carbocycles. The quantitative estimate of drug-likeness (QED) is 0.689. The van der Waals surface area contributed by atoms with Gasteiger partial charge >= 0.3 is 0 Å². The first kappa shape index (κ1) is 17.5. The zero-order chi connectivity index (χ0) is 16.9. The SMILES string of the molecule is CC(=NN1CCN(Cc2ccccc2Cl)CC1)c1ccc(Br)cc1. The Morgan fingerprint density at radius 2 is 1.71 bits per heavy atom. The smallest absolute Gasteiger partial charge is 0.0646 e. The van der Waals surface area contributed by atoms with E-state index in [0.29, 0.717) is 0 Å². The van der Waals surface area contributed by atoms with Crippen molar-refractivity contribution in [1.82, 2.24) is 9.91 Å². The topological polar surface area (TPSA) is 18.8 Å². The first-order chi connectivity index (χ1) is 11.6. The largest absolute Gasteiger partial charge is 0.295 e. The molecule has 1 saturated heterocycles. The average molecular weight is 407 g/mol. The van der Waals surface area contributed by atoms with Crippen molar-refractivity contribution in [1.29, 1.82) is 0 Å². The molecule has 1 fully saturated rings. The molecule has 0 bridgehead atoms. The van der Waals surface area contributed by atoms with Gasteiger partial charge in [-0.1, -0.05) is 57.9 Å². The first-order valence-electron chi connectivity index (χ1n) is 8.13. The minimum absolute atomic E-state index is 0.851. The van der Waals surface area contributed by atoms with Gasteiger partial charge in [0.1, 0.15) is 0 Å². The number of piperazine rings is 1. The normalized spacial score (nSPS) is 16.5. The number of benzene rings is 2. The van der Waals surface area contributed by atoms with Crippen molar-refractivity contribution in [2.45, 2.75) is 13.5 Å². The van der Waals surface area contributed by atoms with E-state index >= 15 is 0 Å². The molecule has 1 aliphatic heterocycles. The third-order valence-electron chi connectivity index (χ3n) is 4.25. The molecular weight excluding hydrogens is 386 g/mol. The van der Waals surface area contributed by atoms with Gasteiger partial charge in [0.15, 0.2) is 0 Å². The van der Waals surface area contributed by atoms with Crippen molar-refractivity contribution in [3.05, 3.63) is 69.2 Å². The summed E-state index contributed by atoms with van der Waals surface area (Å²) in [7, 11) is 0. The molecule has 0 amide bonds. The molecule has 0 aromatic heterocycles. The van der Waals surface area contributed by atoms with Gasteiger partial charge in [-0.05, 0) is 36.2 Å². The molecule has 0 radical (unpaired) electrons. The van der Waals surface area contributed by atoms with E-state index in [1.54, 1.807) is 0 Å². The predicted octanol–water partition coefficient (Wildman–Crippen LogP) is 4.64. The second-order valence-electron chi connectivity index (χ2n) is 6.01. The number of hydrazone groups is 1. The number of rotatable bonds is 4. The number of hydrogen-bond donors (Lipinski definition) is 0. The summed E-state index contributed by atoms with van der Waals surface area (Å²) in [6.45, 7) is 6.86. The Morgan fingerprint density at radius 1 is 1.04 bits per heavy atom. The van der Waals surface area contributed by atoms with Crippen LogP contribution < -0.4 is 0 Å². The molecule has 5 heteroatoms. The standard InChI is InChI=1S/C19H21BrClN3/c1-15(16-6-8-18(20)9-7-16)22-24-12-10-23(11-13-24)14-17-4-2-3-5-19(17)21/h2-9H,10-14H2,1H3. The first-order valence-corrected chi connectivity index (χ1v) is 9.31. The lowest BCUT2D eigenvalue weighted by Gasteiger charge is -2.33. The summed E-state index contributed by atoms with van der Waals surface area (Å²) in [5.74, 6) is 0. The van der Waals surface area contributed by atoms with Crippen LogP contribution in [-0.4, -0.2) is 41.8 Å². The average Bonchev–Trinajstić information content (AvgIpc) is 2.59. The maximum Gasteiger partial charge on any atom is 0.0646 e. The lowest BCUT2D eigenvalue weighted by Crippen LogP contribution is -2.43. The highest BCUT2D eigenvalue weighted by Gasteiger charge is 2.16. The van der Waals surface area contributed by atoms with Crippen molar-refractivity contribution in [2.24, 2.45) is 5.10 Å². The van der Waals surface area contributed by atoms with Crippen LogP contribution in [0, 0.1) is 0 Å². The van der Waals surface area contributed by atoms with Gasteiger partial charge in [0, 0.05) is 42.2 Å². The number of halogens is 2. The Bertz CT molecular complexity index is 707. The van der Waals surface area contributed by atoms with Crippen LogP contribution in [0.4, 0.5) is 0 Å². The summed E-state index contributed by atoms with van der Waals surface area (Å²) in [5.41, 5.74) is 3.42. The van der Waals surface area contributed by atoms with E-state index < -0.39 is 0 Å². The minimum atomic E-state index is 0.851. The molecule has 0 saturated carbocycles. The van der Waals surface area contributed by atoms with Crippen LogP contribution >= 0.6 is 27.5 Å². The molecular formula is C19H21BrClN3. The van der Waals surface area contributed by atoms with Crippen LogP contribution in [0.1, 0.15) is 18.1 Å². The highest BCUT2D eigenvalue weighted by Crippen LogP contribution is 2.18. The summed E-state index contributed by atoms with van der Waals surface area (Å²) in [4.78, 5) is 2.43. The van der Waals surface area contributed by atoms with Crippen molar-refractivity contribution in [2.75, 3.05) is 26.2 Å². The molecule has 126 valence electrons. The van der Waals surface area contributed by atoms with E-state index in [1.807, 2.05) is 18.2 Å². The Kier molecular flexibility index (Phi) is 5.93. The lowest BCUT2D eigenvalue weighted by molar-refractivity contribution is 0.130. The van der Waals surface area contributed by atoms with E-state index in [-0.39, 0.29) is 0 Å². The third kappa shape index (κ3) is 4.59. The molecule has 0 spiro atoms. The van der Waals surface area contributed by atoms with E-state index in [0.717, 1.165) is 53.5 Å². The highest BCUT2D eigenvalue weighted by atomic mass is 79.9. The van der Waals surface area contributed by atoms with E-state index in [1.165, 1.54) is 5.56 Å². The van der Waals surface area contributed by atoms with Gasteiger partial charge in [0.2, 0.25) is 0 Å². The Labute approximate surface area is 157 Å². The fourth-order valence-corrected chi connectivity index (χ4v) is 3.28. The second kappa shape index (κ2) is 8.15. The van der Waals surface area contributed by atoms with Gasteiger partial charge < -0.3 is 0 Å². The molecule has 0 unspecified atom stereocenters. The molecule has 2 aromatic rings. The van der Waals surface area contributed by atoms with Crippen LogP contribution in [0.5, 0.6) is 0 Å². The van der Waals surface area contributed by atoms with Gasteiger partial charge in [-0.2, -0.15) is 5.10 Å². The number of hydrogen-bond acceptors (Lipinski definition) is 3. The van der Waals surface area contributed by atoms with Crippen LogP contribution in [-0.2, 0) is 6.54 Å². The number of nitrogens with zero attached hydrogens (tertiary/aromatic N) is 3. The monoisotopic (exact) mass is 405 g/mol. The van der Waals surface area contributed by atoms with E-state index in [4.69, 9.17) is 16.7 Å². The fraction of sp³-hybridized carbons (Fsp3) is 0.316. The maximum absolute atomic E-state index is 6.26. The Hall–Kier alpha value is -1.36. The van der Waals surface area contributed by atoms with Gasteiger partial charge in [-0.3, -0.25) is 9.91 Å². The molecule has 24 heavy (non-hydrogen) atoms. The van der Waals surface area contributed by atoms with Crippen molar-refractivity contribution in [3.8, 4) is 0 Å². The van der Waals surface area contributed by atoms with Crippen LogP contribution in [0.15, 0.2) is 58.1 Å². The highest BCUT2D eigenvalue weighted by molar-refractivity contribution is 9.10. The molecule has 0 aliphatic carbocycles. The maximum atomic E-state index is 6.26. The van der Waals surface area contributed by atoms with E-state index in [9.17, 15) is 0 Å². The summed E-state index contributed by atoms with van der Waals surface area (Å²) < 4.78 is 1.09. The summed E-state index contributed by atoms with van der Waals surface area (Å²) in [5, 5.41) is 7.79. The Balaban J connectivity index is 1.56. The zero-order valence-electron chi connectivity index (χ0n) is 13.8. The zero-order valence-corrected chi connectivity index (χ0v) is 16.1. The molecule has 3 rings (SSSR count). The summed E-state index contributed by atoms with van der Waals surface area (Å²) in [6.07, 6.45) is 0. The van der Waals surface area contributed by atoms with Crippen molar-refractivity contribution >= 4 is 33.2 Å². The summed E-state index contributed by atoms with van der Waals surface area (Å²) >= 11 is 9.72. The van der Waals surface area contributed by atoms with Crippen LogP contribution in [0.3, 0.4) is 0 Å². The predicted molar refractivity (Wildman–Crippen MR) is 105 cm³/mol. The van der Waals surface area contributed by atoms with Gasteiger partial charge in [0.05, 0.1) is 5.71 Å². The van der Waals surface area contributed by atoms with Crippen molar-refractivity contribution in [3.63, 3.8) is 0 Å². The molecule has 1 aliphatic rings. The molecule has 3 nitrogen and oxygen atoms in total. The van der Waals surface area contributed by atoms with Crippen LogP contribution in [0.25, 0.3) is 0 Å². The van der Waals surface area contributed by atoms with Gasteiger partial charge in [-0.25, -0.2) is 0 Å². The third-order valence-corrected chi connectivity index (χ3v) is 5.15. The lowest BCUT2D eigenvalue weighted by atomic mass is 10.1. The summed E-state index contributed by atoms with van der Waals surface area (Å²) in [6, 6.07) is 16.4. The van der Waals surface area contributed by atoms with E-state index in [2.05, 4.69) is 63.1 Å². The Morgan fingerprint density at radius 3 is 2.38 bits per heavy atom. The van der Waals surface area contributed by atoms with Crippen molar-refractivity contribution < 1.29 is 0 Å². The molecule has 0 N–H and O–H groups in total. The fourth-order valence-electron chi connectivity index (χ4n) is 2.82. The van der Waals surface area contributed by atoms with Gasteiger partial charge in [0.25, 0.3) is 0 Å². The minimum Gasteiger partial charge on any atom is -0.295 e. The van der Waals surface area contributed by atoms with Crippen LogP contribution in [0.2, 0.25) is 5.02 Å². The second-order valence-corrected chi connectivity index (χ2v) is 7.34. The van der Waals surface area contributed by atoms with Gasteiger partial charge in [-0.15, -0.1) is 0 Å². The molecule has 1 heterocycles.